The predicted molar refractivity (Wildman–Crippen MR) is 122 cm³/mol. The highest BCUT2D eigenvalue weighted by atomic mass is 16.5. The van der Waals surface area contributed by atoms with Gasteiger partial charge in [0.25, 0.3) is 0 Å². The van der Waals surface area contributed by atoms with Crippen molar-refractivity contribution in [1.29, 1.82) is 0 Å². The second kappa shape index (κ2) is 10.6. The van der Waals surface area contributed by atoms with Crippen molar-refractivity contribution in [2.24, 2.45) is 5.92 Å². The first-order valence-corrected chi connectivity index (χ1v) is 11.2. The van der Waals surface area contributed by atoms with E-state index in [4.69, 9.17) is 4.74 Å². The van der Waals surface area contributed by atoms with Gasteiger partial charge in [0.2, 0.25) is 5.91 Å². The Morgan fingerprint density at radius 1 is 0.933 bits per heavy atom. The van der Waals surface area contributed by atoms with Crippen LogP contribution in [0.1, 0.15) is 24.8 Å². The van der Waals surface area contributed by atoms with Crippen molar-refractivity contribution >= 4 is 12.0 Å². The van der Waals surface area contributed by atoms with Gasteiger partial charge in [0.15, 0.2) is 0 Å². The molecule has 4 rings (SSSR count). The van der Waals surface area contributed by atoms with Gasteiger partial charge < -0.3 is 9.64 Å². The van der Waals surface area contributed by atoms with Crippen LogP contribution in [0.15, 0.2) is 60.7 Å². The molecule has 2 aromatic carbocycles. The zero-order chi connectivity index (χ0) is 20.6. The van der Waals surface area contributed by atoms with Gasteiger partial charge in [-0.25, -0.2) is 0 Å². The summed E-state index contributed by atoms with van der Waals surface area (Å²) in [6.45, 7) is 6.78. The van der Waals surface area contributed by atoms with E-state index in [1.165, 1.54) is 24.1 Å². The molecule has 2 fully saturated rings. The highest BCUT2D eigenvalue weighted by molar-refractivity contribution is 5.92. The summed E-state index contributed by atoms with van der Waals surface area (Å²) in [6.07, 6.45) is 7.16. The molecule has 0 radical (unpaired) electrons. The van der Waals surface area contributed by atoms with Crippen LogP contribution in [0.3, 0.4) is 0 Å². The van der Waals surface area contributed by atoms with Crippen molar-refractivity contribution in [3.05, 3.63) is 66.2 Å². The number of piperidine rings is 1. The molecule has 2 aliphatic rings. The number of ether oxygens (including phenoxy) is 1. The number of hydrogen-bond donors (Lipinski definition) is 0. The zero-order valence-corrected chi connectivity index (χ0v) is 17.7. The van der Waals surface area contributed by atoms with Crippen LogP contribution in [-0.2, 0) is 9.53 Å². The molecule has 4 heteroatoms. The number of nitrogens with zero attached hydrogens (tertiary/aromatic N) is 2. The molecule has 0 spiro atoms. The number of benzene rings is 2. The molecule has 0 N–H and O–H groups in total. The average molecular weight is 405 g/mol. The summed E-state index contributed by atoms with van der Waals surface area (Å²) in [6, 6.07) is 18.7. The molecule has 0 saturated carbocycles. The molecule has 0 atom stereocenters. The van der Waals surface area contributed by atoms with Crippen molar-refractivity contribution in [3.63, 3.8) is 0 Å². The van der Waals surface area contributed by atoms with E-state index in [1.807, 2.05) is 41.3 Å². The molecular weight excluding hydrogens is 372 g/mol. The Morgan fingerprint density at radius 2 is 1.67 bits per heavy atom. The van der Waals surface area contributed by atoms with E-state index in [0.717, 1.165) is 63.7 Å². The summed E-state index contributed by atoms with van der Waals surface area (Å²) in [7, 11) is 0. The normalized spacial score (nSPS) is 18.7. The molecule has 0 bridgehead atoms. The van der Waals surface area contributed by atoms with Crippen molar-refractivity contribution in [1.82, 2.24) is 9.80 Å². The van der Waals surface area contributed by atoms with Crippen molar-refractivity contribution in [2.45, 2.75) is 19.3 Å². The van der Waals surface area contributed by atoms with Gasteiger partial charge in [-0.05, 0) is 60.6 Å². The molecule has 2 aliphatic heterocycles. The number of hydrogen-bond acceptors (Lipinski definition) is 3. The fraction of sp³-hybridized carbons (Fsp3) is 0.423. The quantitative estimate of drug-likeness (QED) is 0.672. The summed E-state index contributed by atoms with van der Waals surface area (Å²) < 4.78 is 5.42. The van der Waals surface area contributed by atoms with Crippen LogP contribution in [0.5, 0.6) is 0 Å². The van der Waals surface area contributed by atoms with Gasteiger partial charge in [-0.2, -0.15) is 0 Å². The Hall–Kier alpha value is -2.43. The predicted octanol–water partition coefficient (Wildman–Crippen LogP) is 4.33. The van der Waals surface area contributed by atoms with E-state index in [9.17, 15) is 4.79 Å². The lowest BCUT2D eigenvalue weighted by atomic mass is 9.93. The maximum Gasteiger partial charge on any atom is 0.246 e. The Balaban J connectivity index is 1.25. The Labute approximate surface area is 180 Å². The lowest BCUT2D eigenvalue weighted by molar-refractivity contribution is -0.127. The maximum atomic E-state index is 12.7. The lowest BCUT2D eigenvalue weighted by Crippen LogP contribution is -2.40. The van der Waals surface area contributed by atoms with Crippen LogP contribution in [-0.4, -0.2) is 61.6 Å². The third-order valence-corrected chi connectivity index (χ3v) is 6.30. The van der Waals surface area contributed by atoms with Gasteiger partial charge in [-0.3, -0.25) is 9.69 Å². The average Bonchev–Trinajstić information content (AvgIpc) is 2.83. The Morgan fingerprint density at radius 3 is 2.43 bits per heavy atom. The van der Waals surface area contributed by atoms with Gasteiger partial charge in [-0.15, -0.1) is 0 Å². The highest BCUT2D eigenvalue weighted by Gasteiger charge is 2.22. The topological polar surface area (TPSA) is 32.8 Å². The molecule has 4 nitrogen and oxygen atoms in total. The third kappa shape index (κ3) is 5.80. The fourth-order valence-electron chi connectivity index (χ4n) is 4.36. The standard InChI is InChI=1S/C26H32N2O2/c29-26(10-9-23-5-4-8-25(21-23)24-6-2-1-3-7-24)28-15-12-22(13-16-28)11-14-27-17-19-30-20-18-27/h1-10,21-22H,11-20H2/b10-9+. The van der Waals surface area contributed by atoms with Crippen LogP contribution < -0.4 is 0 Å². The van der Waals surface area contributed by atoms with Crippen molar-refractivity contribution in [2.75, 3.05) is 45.9 Å². The SMILES string of the molecule is O=C(/C=C/c1cccc(-c2ccccc2)c1)N1CCC(CCN2CCOCC2)CC1. The zero-order valence-electron chi connectivity index (χ0n) is 17.7. The smallest absolute Gasteiger partial charge is 0.246 e. The van der Waals surface area contributed by atoms with E-state index in [-0.39, 0.29) is 5.91 Å². The van der Waals surface area contributed by atoms with Crippen LogP contribution in [0.4, 0.5) is 0 Å². The van der Waals surface area contributed by atoms with E-state index < -0.39 is 0 Å². The minimum atomic E-state index is 0.131. The van der Waals surface area contributed by atoms with E-state index in [2.05, 4.69) is 29.2 Å². The summed E-state index contributed by atoms with van der Waals surface area (Å²) in [5, 5.41) is 0. The van der Waals surface area contributed by atoms with Crippen LogP contribution in [0.25, 0.3) is 17.2 Å². The number of amides is 1. The van der Waals surface area contributed by atoms with Crippen LogP contribution in [0.2, 0.25) is 0 Å². The summed E-state index contributed by atoms with van der Waals surface area (Å²) in [5.41, 5.74) is 3.43. The minimum Gasteiger partial charge on any atom is -0.379 e. The first kappa shape index (κ1) is 20.8. The van der Waals surface area contributed by atoms with E-state index >= 15 is 0 Å². The van der Waals surface area contributed by atoms with Gasteiger partial charge in [-0.1, -0.05) is 48.5 Å². The minimum absolute atomic E-state index is 0.131. The summed E-state index contributed by atoms with van der Waals surface area (Å²) in [4.78, 5) is 17.2. The second-order valence-corrected chi connectivity index (χ2v) is 8.34. The molecule has 2 saturated heterocycles. The number of morpholine rings is 1. The number of rotatable bonds is 6. The molecular formula is C26H32N2O2. The van der Waals surface area contributed by atoms with Crippen molar-refractivity contribution in [3.8, 4) is 11.1 Å². The molecule has 2 aromatic rings. The van der Waals surface area contributed by atoms with Crippen molar-refractivity contribution < 1.29 is 9.53 Å². The molecule has 30 heavy (non-hydrogen) atoms. The molecule has 158 valence electrons. The van der Waals surface area contributed by atoms with E-state index in [0.29, 0.717) is 0 Å². The second-order valence-electron chi connectivity index (χ2n) is 8.34. The van der Waals surface area contributed by atoms with E-state index in [1.54, 1.807) is 6.08 Å². The summed E-state index contributed by atoms with van der Waals surface area (Å²) >= 11 is 0. The Bertz CT molecular complexity index is 835. The number of carbonyl (C=O) groups excluding carboxylic acids is 1. The lowest BCUT2D eigenvalue weighted by Gasteiger charge is -2.33. The largest absolute Gasteiger partial charge is 0.379 e. The van der Waals surface area contributed by atoms with Gasteiger partial charge in [0.1, 0.15) is 0 Å². The first-order valence-electron chi connectivity index (χ1n) is 11.2. The van der Waals surface area contributed by atoms with Gasteiger partial charge in [0.05, 0.1) is 13.2 Å². The molecule has 0 aliphatic carbocycles. The number of likely N-dealkylation sites (tertiary alicyclic amines) is 1. The maximum absolute atomic E-state index is 12.7. The molecule has 1 amide bonds. The fourth-order valence-corrected chi connectivity index (χ4v) is 4.36. The summed E-state index contributed by atoms with van der Waals surface area (Å²) in [5.74, 6) is 0.871. The highest BCUT2D eigenvalue weighted by Crippen LogP contribution is 2.23. The third-order valence-electron chi connectivity index (χ3n) is 6.30. The van der Waals surface area contributed by atoms with Crippen LogP contribution >= 0.6 is 0 Å². The Kier molecular flexibility index (Phi) is 7.33. The van der Waals surface area contributed by atoms with Gasteiger partial charge >= 0.3 is 0 Å². The molecule has 0 aromatic heterocycles. The molecule has 0 unspecified atom stereocenters. The number of carbonyl (C=O) groups is 1. The molecule has 2 heterocycles. The van der Waals surface area contributed by atoms with Crippen LogP contribution in [0, 0.1) is 5.92 Å². The first-order chi connectivity index (χ1) is 14.8. The monoisotopic (exact) mass is 404 g/mol. The van der Waals surface area contributed by atoms with Gasteiger partial charge in [0, 0.05) is 32.3 Å².